The van der Waals surface area contributed by atoms with Gasteiger partial charge in [0.2, 0.25) is 5.91 Å². The van der Waals surface area contributed by atoms with Gasteiger partial charge >= 0.3 is 0 Å². The summed E-state index contributed by atoms with van der Waals surface area (Å²) < 4.78 is 0. The summed E-state index contributed by atoms with van der Waals surface area (Å²) in [5, 5.41) is 3.00. The van der Waals surface area contributed by atoms with Gasteiger partial charge in [-0.15, -0.1) is 0 Å². The summed E-state index contributed by atoms with van der Waals surface area (Å²) >= 11 is 0. The predicted octanol–water partition coefficient (Wildman–Crippen LogP) is 3.37. The zero-order chi connectivity index (χ0) is 13.5. The molecule has 0 saturated carbocycles. The van der Waals surface area contributed by atoms with Gasteiger partial charge in [0.15, 0.2) is 0 Å². The maximum absolute atomic E-state index is 11.4. The Kier molecular flexibility index (Phi) is 14.0. The van der Waals surface area contributed by atoms with Crippen LogP contribution in [0.2, 0.25) is 0 Å². The largest absolute Gasteiger partial charge is 0.356 e. The van der Waals surface area contributed by atoms with Crippen LogP contribution in [0.3, 0.4) is 0 Å². The minimum Gasteiger partial charge on any atom is -0.356 e. The van der Waals surface area contributed by atoms with Crippen LogP contribution in [0.25, 0.3) is 0 Å². The minimum absolute atomic E-state index is 0.228. The van der Waals surface area contributed by atoms with E-state index in [1.807, 2.05) is 0 Å². The third-order valence-electron chi connectivity index (χ3n) is 3.21. The van der Waals surface area contributed by atoms with Crippen LogP contribution in [-0.2, 0) is 4.79 Å². The molecule has 0 rings (SSSR count). The molecular formula is C15H32N2O. The first kappa shape index (κ1) is 17.4. The lowest BCUT2D eigenvalue weighted by Gasteiger charge is -2.05. The molecule has 1 amide bonds. The molecule has 0 fully saturated rings. The Labute approximate surface area is 113 Å². The summed E-state index contributed by atoms with van der Waals surface area (Å²) in [5.74, 6) is 0.228. The quantitative estimate of drug-likeness (QED) is 0.496. The van der Waals surface area contributed by atoms with Crippen molar-refractivity contribution < 1.29 is 4.79 Å². The smallest absolute Gasteiger partial charge is 0.219 e. The van der Waals surface area contributed by atoms with Gasteiger partial charge in [0.1, 0.15) is 0 Å². The molecule has 108 valence electrons. The second kappa shape index (κ2) is 14.5. The lowest BCUT2D eigenvalue weighted by Crippen LogP contribution is -2.23. The normalized spacial score (nSPS) is 10.6. The van der Waals surface area contributed by atoms with E-state index < -0.39 is 0 Å². The van der Waals surface area contributed by atoms with E-state index in [0.717, 1.165) is 38.8 Å². The Bertz CT molecular complexity index is 183. The van der Waals surface area contributed by atoms with Crippen LogP contribution >= 0.6 is 0 Å². The zero-order valence-corrected chi connectivity index (χ0v) is 12.2. The van der Waals surface area contributed by atoms with Crippen molar-refractivity contribution in [1.29, 1.82) is 0 Å². The fraction of sp³-hybridized carbons (Fsp3) is 0.933. The number of carbonyl (C=O) groups is 1. The minimum atomic E-state index is 0.228. The third-order valence-corrected chi connectivity index (χ3v) is 3.21. The second-order valence-electron chi connectivity index (χ2n) is 5.07. The highest BCUT2D eigenvalue weighted by Gasteiger charge is 1.99. The number of rotatable bonds is 13. The Hall–Kier alpha value is -0.570. The third kappa shape index (κ3) is 13.5. The highest BCUT2D eigenvalue weighted by Crippen LogP contribution is 2.06. The van der Waals surface area contributed by atoms with Crippen LogP contribution in [0.5, 0.6) is 0 Å². The molecule has 0 aliphatic carbocycles. The molecule has 0 atom stereocenters. The molecule has 0 aromatic heterocycles. The topological polar surface area (TPSA) is 55.1 Å². The van der Waals surface area contributed by atoms with E-state index in [1.165, 1.54) is 38.5 Å². The van der Waals surface area contributed by atoms with Crippen LogP contribution in [0, 0.1) is 0 Å². The number of carbonyl (C=O) groups excluding carboxylic acids is 1. The number of unbranched alkanes of at least 4 members (excludes halogenated alkanes) is 8. The van der Waals surface area contributed by atoms with Gasteiger partial charge in [-0.3, -0.25) is 4.79 Å². The van der Waals surface area contributed by atoms with Crippen molar-refractivity contribution in [2.75, 3.05) is 13.1 Å². The van der Waals surface area contributed by atoms with E-state index in [2.05, 4.69) is 12.2 Å². The van der Waals surface area contributed by atoms with Crippen LogP contribution in [0.4, 0.5) is 0 Å². The summed E-state index contributed by atoms with van der Waals surface area (Å²) in [6.07, 6.45) is 12.8. The summed E-state index contributed by atoms with van der Waals surface area (Å²) in [7, 11) is 0. The standard InChI is InChI=1S/C15H32N2O/c1-2-3-9-12-15(18)17-14-11-8-6-4-5-7-10-13-16/h2-14,16H2,1H3,(H,17,18). The molecule has 0 aromatic rings. The zero-order valence-electron chi connectivity index (χ0n) is 12.2. The predicted molar refractivity (Wildman–Crippen MR) is 78.5 cm³/mol. The van der Waals surface area contributed by atoms with Gasteiger partial charge in [0, 0.05) is 13.0 Å². The van der Waals surface area contributed by atoms with Crippen molar-refractivity contribution in [2.45, 2.75) is 77.6 Å². The van der Waals surface area contributed by atoms with Gasteiger partial charge in [-0.1, -0.05) is 51.9 Å². The van der Waals surface area contributed by atoms with Crippen LogP contribution in [0.1, 0.15) is 77.6 Å². The Morgan fingerprint density at radius 1 is 0.889 bits per heavy atom. The van der Waals surface area contributed by atoms with Crippen LogP contribution < -0.4 is 11.1 Å². The molecule has 18 heavy (non-hydrogen) atoms. The first-order valence-electron chi connectivity index (χ1n) is 7.78. The van der Waals surface area contributed by atoms with Crippen molar-refractivity contribution >= 4 is 5.91 Å². The molecule has 0 unspecified atom stereocenters. The van der Waals surface area contributed by atoms with Crippen molar-refractivity contribution in [3.05, 3.63) is 0 Å². The first-order valence-corrected chi connectivity index (χ1v) is 7.78. The number of hydrogen-bond donors (Lipinski definition) is 2. The highest BCUT2D eigenvalue weighted by atomic mass is 16.1. The van der Waals surface area contributed by atoms with E-state index in [-0.39, 0.29) is 5.91 Å². The molecule has 0 aromatic carbocycles. The molecule has 3 N–H and O–H groups in total. The number of nitrogens with two attached hydrogens (primary N) is 1. The molecule has 0 saturated heterocycles. The molecule has 0 aliphatic heterocycles. The number of nitrogens with one attached hydrogen (secondary N) is 1. The van der Waals surface area contributed by atoms with Crippen LogP contribution in [-0.4, -0.2) is 19.0 Å². The van der Waals surface area contributed by atoms with Crippen molar-refractivity contribution in [3.8, 4) is 0 Å². The Balaban J connectivity index is 3.08. The first-order chi connectivity index (χ1) is 8.81. The lowest BCUT2D eigenvalue weighted by molar-refractivity contribution is -0.121. The molecule has 0 spiro atoms. The lowest BCUT2D eigenvalue weighted by atomic mass is 10.1. The number of hydrogen-bond acceptors (Lipinski definition) is 2. The molecule has 0 radical (unpaired) electrons. The van der Waals surface area contributed by atoms with Gasteiger partial charge < -0.3 is 11.1 Å². The maximum atomic E-state index is 11.4. The fourth-order valence-electron chi connectivity index (χ4n) is 2.00. The molecule has 3 heteroatoms. The average Bonchev–Trinajstić information content (AvgIpc) is 2.37. The Morgan fingerprint density at radius 2 is 1.50 bits per heavy atom. The van der Waals surface area contributed by atoms with Gasteiger partial charge in [-0.05, 0) is 25.8 Å². The molecule has 0 bridgehead atoms. The summed E-state index contributed by atoms with van der Waals surface area (Å²) in [4.78, 5) is 11.4. The van der Waals surface area contributed by atoms with Gasteiger partial charge in [-0.25, -0.2) is 0 Å². The van der Waals surface area contributed by atoms with E-state index in [1.54, 1.807) is 0 Å². The average molecular weight is 256 g/mol. The summed E-state index contributed by atoms with van der Waals surface area (Å²) in [6, 6.07) is 0. The molecule has 0 heterocycles. The van der Waals surface area contributed by atoms with Gasteiger partial charge in [0.25, 0.3) is 0 Å². The van der Waals surface area contributed by atoms with Gasteiger partial charge in [0.05, 0.1) is 0 Å². The molecular weight excluding hydrogens is 224 g/mol. The van der Waals surface area contributed by atoms with Gasteiger partial charge in [-0.2, -0.15) is 0 Å². The molecule has 3 nitrogen and oxygen atoms in total. The fourth-order valence-corrected chi connectivity index (χ4v) is 2.00. The summed E-state index contributed by atoms with van der Waals surface area (Å²) in [6.45, 7) is 3.84. The monoisotopic (exact) mass is 256 g/mol. The van der Waals surface area contributed by atoms with E-state index >= 15 is 0 Å². The van der Waals surface area contributed by atoms with Crippen LogP contribution in [0.15, 0.2) is 0 Å². The second-order valence-corrected chi connectivity index (χ2v) is 5.07. The van der Waals surface area contributed by atoms with E-state index in [0.29, 0.717) is 6.42 Å². The SMILES string of the molecule is CCCCCC(=O)NCCCCCCCCCN. The molecule has 0 aliphatic rings. The van der Waals surface area contributed by atoms with E-state index in [4.69, 9.17) is 5.73 Å². The highest BCUT2D eigenvalue weighted by molar-refractivity contribution is 5.75. The Morgan fingerprint density at radius 3 is 2.11 bits per heavy atom. The number of amides is 1. The van der Waals surface area contributed by atoms with E-state index in [9.17, 15) is 4.79 Å². The maximum Gasteiger partial charge on any atom is 0.219 e. The van der Waals surface area contributed by atoms with Crippen molar-refractivity contribution in [1.82, 2.24) is 5.32 Å². The van der Waals surface area contributed by atoms with Crippen molar-refractivity contribution in [2.24, 2.45) is 5.73 Å². The van der Waals surface area contributed by atoms with Crippen molar-refractivity contribution in [3.63, 3.8) is 0 Å². The summed E-state index contributed by atoms with van der Waals surface area (Å²) in [5.41, 5.74) is 5.44.